The quantitative estimate of drug-likeness (QED) is 0.392. The van der Waals surface area contributed by atoms with Crippen molar-refractivity contribution in [2.45, 2.75) is 39.7 Å². The molecule has 2 aromatic heterocycles. The van der Waals surface area contributed by atoms with E-state index in [1.165, 1.54) is 17.1 Å². The minimum atomic E-state index is -0.663. The highest BCUT2D eigenvalue weighted by Gasteiger charge is 2.30. The van der Waals surface area contributed by atoms with Crippen LogP contribution in [0.5, 0.6) is 0 Å². The zero-order chi connectivity index (χ0) is 25.3. The van der Waals surface area contributed by atoms with Crippen molar-refractivity contribution in [1.29, 1.82) is 0 Å². The summed E-state index contributed by atoms with van der Waals surface area (Å²) in [7, 11) is 1.67. The Balaban J connectivity index is 1.45. The van der Waals surface area contributed by atoms with Gasteiger partial charge in [-0.05, 0) is 80.5 Å². The lowest BCUT2D eigenvalue weighted by Crippen LogP contribution is -2.46. The molecule has 1 aliphatic rings. The largest absolute Gasteiger partial charge is 0.363 e. The maximum atomic E-state index is 13.6. The molecule has 4 rings (SSSR count). The SMILES string of the molecule is Cc1cc(NC(=O)c2c(C)c(C(=O)C(=O)NC3CCN(c4cccs4)CC3)n(C)c2C)ccc1F. The second-order valence-electron chi connectivity index (χ2n) is 8.93. The van der Waals surface area contributed by atoms with Gasteiger partial charge in [-0.15, -0.1) is 11.3 Å². The number of rotatable bonds is 6. The minimum absolute atomic E-state index is 0.0752. The van der Waals surface area contributed by atoms with Gasteiger partial charge in [-0.1, -0.05) is 0 Å². The van der Waals surface area contributed by atoms with E-state index < -0.39 is 17.6 Å². The number of benzene rings is 1. The topological polar surface area (TPSA) is 83.4 Å². The number of thiophene rings is 1. The predicted molar refractivity (Wildman–Crippen MR) is 136 cm³/mol. The number of carbonyl (C=O) groups is 3. The number of hydrogen-bond donors (Lipinski definition) is 2. The summed E-state index contributed by atoms with van der Waals surface area (Å²) < 4.78 is 15.2. The number of aromatic nitrogens is 1. The highest BCUT2D eigenvalue weighted by atomic mass is 32.1. The number of halogens is 1. The van der Waals surface area contributed by atoms with E-state index in [-0.39, 0.29) is 17.6 Å². The normalized spacial score (nSPS) is 14.1. The summed E-state index contributed by atoms with van der Waals surface area (Å²) >= 11 is 1.69. The van der Waals surface area contributed by atoms with Crippen molar-refractivity contribution >= 4 is 39.6 Å². The van der Waals surface area contributed by atoms with Gasteiger partial charge in [0.15, 0.2) is 0 Å². The molecule has 1 aromatic carbocycles. The fraction of sp³-hybridized carbons (Fsp3) is 0.346. The van der Waals surface area contributed by atoms with Gasteiger partial charge in [-0.3, -0.25) is 14.4 Å². The lowest BCUT2D eigenvalue weighted by Gasteiger charge is -2.32. The van der Waals surface area contributed by atoms with Crippen LogP contribution in [0.25, 0.3) is 0 Å². The molecule has 35 heavy (non-hydrogen) atoms. The number of nitrogens with one attached hydrogen (secondary N) is 2. The summed E-state index contributed by atoms with van der Waals surface area (Å²) in [5.41, 5.74) is 2.40. The molecule has 184 valence electrons. The van der Waals surface area contributed by atoms with E-state index >= 15 is 0 Å². The highest BCUT2D eigenvalue weighted by Crippen LogP contribution is 2.26. The number of nitrogens with zero attached hydrogens (tertiary/aromatic N) is 2. The Morgan fingerprint density at radius 2 is 1.80 bits per heavy atom. The third-order valence-electron chi connectivity index (χ3n) is 6.64. The maximum Gasteiger partial charge on any atom is 0.294 e. The summed E-state index contributed by atoms with van der Waals surface area (Å²) in [6, 6.07) is 8.35. The lowest BCUT2D eigenvalue weighted by molar-refractivity contribution is -0.117. The van der Waals surface area contributed by atoms with Crippen LogP contribution in [0.1, 0.15) is 50.5 Å². The van der Waals surface area contributed by atoms with Gasteiger partial charge in [0.2, 0.25) is 0 Å². The molecule has 1 fully saturated rings. The maximum absolute atomic E-state index is 13.6. The molecule has 2 amide bonds. The molecule has 3 aromatic rings. The van der Waals surface area contributed by atoms with Gasteiger partial charge < -0.3 is 20.1 Å². The van der Waals surface area contributed by atoms with Gasteiger partial charge in [-0.2, -0.15) is 0 Å². The van der Waals surface area contributed by atoms with Gasteiger partial charge in [0, 0.05) is 37.6 Å². The predicted octanol–water partition coefficient (Wildman–Crippen LogP) is 4.37. The summed E-state index contributed by atoms with van der Waals surface area (Å²) in [5.74, 6) is -2.09. The van der Waals surface area contributed by atoms with Gasteiger partial charge in [0.1, 0.15) is 5.82 Å². The van der Waals surface area contributed by atoms with E-state index in [9.17, 15) is 18.8 Å². The summed E-state index contributed by atoms with van der Waals surface area (Å²) in [6.45, 7) is 6.64. The molecule has 1 saturated heterocycles. The highest BCUT2D eigenvalue weighted by molar-refractivity contribution is 7.14. The molecule has 0 unspecified atom stereocenters. The number of Topliss-reactive ketones (excluding diaryl/α,β-unsaturated/α-hetero) is 1. The number of anilines is 2. The van der Waals surface area contributed by atoms with Crippen molar-refractivity contribution in [3.8, 4) is 0 Å². The van der Waals surface area contributed by atoms with Crippen LogP contribution in [0.2, 0.25) is 0 Å². The minimum Gasteiger partial charge on any atom is -0.363 e. The van der Waals surface area contributed by atoms with E-state index in [2.05, 4.69) is 21.6 Å². The fourth-order valence-corrected chi connectivity index (χ4v) is 5.39. The number of piperidine rings is 1. The fourth-order valence-electron chi connectivity index (χ4n) is 4.60. The van der Waals surface area contributed by atoms with E-state index in [1.807, 2.05) is 11.4 Å². The standard InChI is InChI=1S/C26H29FN4O3S/c1-15-14-19(7-8-20(15)27)29-25(33)22-16(2)23(30(4)17(22)3)24(32)26(34)28-18-9-11-31(12-10-18)21-6-5-13-35-21/h5-8,13-14,18H,9-12H2,1-4H3,(H,28,34)(H,29,33). The number of hydrogen-bond acceptors (Lipinski definition) is 5. The van der Waals surface area contributed by atoms with E-state index in [0.717, 1.165) is 25.9 Å². The van der Waals surface area contributed by atoms with Crippen LogP contribution < -0.4 is 15.5 Å². The molecule has 1 aliphatic heterocycles. The summed E-state index contributed by atoms with van der Waals surface area (Å²) in [5, 5.41) is 8.90. The van der Waals surface area contributed by atoms with Crippen LogP contribution in [0, 0.1) is 26.6 Å². The van der Waals surface area contributed by atoms with Gasteiger partial charge in [0.25, 0.3) is 17.6 Å². The van der Waals surface area contributed by atoms with Crippen LogP contribution in [0.3, 0.4) is 0 Å². The molecule has 0 aliphatic carbocycles. The Hall–Kier alpha value is -3.46. The first-order valence-corrected chi connectivity index (χ1v) is 12.4. The number of carbonyl (C=O) groups excluding carboxylic acids is 3. The Kier molecular flexibility index (Phi) is 7.07. The first kappa shape index (κ1) is 24.7. The molecule has 3 heterocycles. The van der Waals surface area contributed by atoms with Crippen molar-refractivity contribution in [1.82, 2.24) is 9.88 Å². The molecule has 7 nitrogen and oxygen atoms in total. The average Bonchev–Trinajstić information content (AvgIpc) is 3.43. The van der Waals surface area contributed by atoms with Crippen molar-refractivity contribution < 1.29 is 18.8 Å². The summed E-state index contributed by atoms with van der Waals surface area (Å²) in [4.78, 5) is 41.3. The monoisotopic (exact) mass is 496 g/mol. The number of aryl methyl sites for hydroxylation is 1. The molecule has 2 N–H and O–H groups in total. The Bertz CT molecular complexity index is 1270. The Morgan fingerprint density at radius 1 is 1.09 bits per heavy atom. The summed E-state index contributed by atoms with van der Waals surface area (Å²) in [6.07, 6.45) is 1.51. The Morgan fingerprint density at radius 3 is 2.43 bits per heavy atom. The smallest absolute Gasteiger partial charge is 0.294 e. The van der Waals surface area contributed by atoms with E-state index in [0.29, 0.717) is 28.1 Å². The molecular formula is C26H29FN4O3S. The second-order valence-corrected chi connectivity index (χ2v) is 9.85. The van der Waals surface area contributed by atoms with Crippen molar-refractivity contribution in [2.24, 2.45) is 7.05 Å². The van der Waals surface area contributed by atoms with Crippen molar-refractivity contribution in [3.63, 3.8) is 0 Å². The van der Waals surface area contributed by atoms with Crippen molar-refractivity contribution in [2.75, 3.05) is 23.3 Å². The molecule has 0 radical (unpaired) electrons. The van der Waals surface area contributed by atoms with Crippen molar-refractivity contribution in [3.05, 3.63) is 69.6 Å². The lowest BCUT2D eigenvalue weighted by atomic mass is 10.0. The third kappa shape index (κ3) is 5.00. The second kappa shape index (κ2) is 10.0. The molecule has 0 atom stereocenters. The van der Waals surface area contributed by atoms with Crippen LogP contribution >= 0.6 is 11.3 Å². The van der Waals surface area contributed by atoms with Crippen LogP contribution in [0.15, 0.2) is 35.7 Å². The zero-order valence-corrected chi connectivity index (χ0v) is 21.1. The number of amides is 2. The molecular weight excluding hydrogens is 467 g/mol. The van der Waals surface area contributed by atoms with Gasteiger partial charge >= 0.3 is 0 Å². The third-order valence-corrected chi connectivity index (χ3v) is 7.57. The van der Waals surface area contributed by atoms with Crippen LogP contribution in [-0.2, 0) is 11.8 Å². The van der Waals surface area contributed by atoms with E-state index in [4.69, 9.17) is 0 Å². The molecule has 0 spiro atoms. The first-order chi connectivity index (χ1) is 16.7. The van der Waals surface area contributed by atoms with Crippen LogP contribution in [-0.4, -0.2) is 41.3 Å². The van der Waals surface area contributed by atoms with E-state index in [1.54, 1.807) is 49.8 Å². The van der Waals surface area contributed by atoms with Gasteiger partial charge in [-0.25, -0.2) is 4.39 Å². The molecule has 0 saturated carbocycles. The average molecular weight is 497 g/mol. The molecule has 0 bridgehead atoms. The first-order valence-electron chi connectivity index (χ1n) is 11.5. The van der Waals surface area contributed by atoms with Crippen LogP contribution in [0.4, 0.5) is 15.1 Å². The molecule has 9 heteroatoms. The Labute approximate surface area is 207 Å². The number of ketones is 1. The zero-order valence-electron chi connectivity index (χ0n) is 20.3. The van der Waals surface area contributed by atoms with Gasteiger partial charge in [0.05, 0.1) is 16.3 Å².